The normalized spacial score (nSPS) is 22.0. The highest BCUT2D eigenvalue weighted by atomic mass is 127. The minimum Gasteiger partial charge on any atom is -0.373 e. The molecule has 2 N–H and O–H groups in total. The molecule has 2 unspecified atom stereocenters. The van der Waals surface area contributed by atoms with Crippen LogP contribution in [0.3, 0.4) is 0 Å². The monoisotopic (exact) mass is 417 g/mol. The molecule has 0 bridgehead atoms. The second kappa shape index (κ2) is 10.0. The highest BCUT2D eigenvalue weighted by Gasteiger charge is 2.27. The summed E-state index contributed by atoms with van der Waals surface area (Å²) in [6.45, 7) is 7.57. The number of rotatable bonds is 5. The molecule has 1 aromatic rings. The molecule has 0 saturated carbocycles. The van der Waals surface area contributed by atoms with Gasteiger partial charge in [-0.2, -0.15) is 0 Å². The molecular weight excluding hydrogens is 389 g/mol. The maximum Gasteiger partial charge on any atom is 0.191 e. The Morgan fingerprint density at radius 1 is 1.27 bits per heavy atom. The summed E-state index contributed by atoms with van der Waals surface area (Å²) in [5.74, 6) is 1.06. The van der Waals surface area contributed by atoms with Crippen LogP contribution in [0.2, 0.25) is 0 Å². The molecule has 5 heteroatoms. The van der Waals surface area contributed by atoms with Crippen molar-refractivity contribution in [3.63, 3.8) is 0 Å². The molecule has 1 saturated heterocycles. The van der Waals surface area contributed by atoms with E-state index in [1.807, 2.05) is 6.07 Å². The second-order valence-corrected chi connectivity index (χ2v) is 5.48. The van der Waals surface area contributed by atoms with Gasteiger partial charge < -0.3 is 15.4 Å². The van der Waals surface area contributed by atoms with Crippen molar-refractivity contribution in [2.75, 3.05) is 26.2 Å². The maximum atomic E-state index is 6.08. The van der Waals surface area contributed by atoms with Gasteiger partial charge in [-0.15, -0.1) is 24.0 Å². The fraction of sp³-hybridized carbons (Fsp3) is 0.588. The lowest BCUT2D eigenvalue weighted by molar-refractivity contribution is -0.0250. The Bertz CT molecular complexity index is 448. The zero-order valence-electron chi connectivity index (χ0n) is 13.6. The summed E-state index contributed by atoms with van der Waals surface area (Å²) in [6, 6.07) is 10.5. The number of hydrogen-bond acceptors (Lipinski definition) is 2. The first kappa shape index (κ1) is 19.2. The molecule has 4 nitrogen and oxygen atoms in total. The van der Waals surface area contributed by atoms with E-state index in [1.165, 1.54) is 5.56 Å². The first-order chi connectivity index (χ1) is 10.3. The molecule has 124 valence electrons. The number of nitrogens with zero attached hydrogens (tertiary/aromatic N) is 2. The van der Waals surface area contributed by atoms with Crippen LogP contribution < -0.4 is 5.73 Å². The van der Waals surface area contributed by atoms with E-state index in [1.54, 1.807) is 0 Å². The van der Waals surface area contributed by atoms with Gasteiger partial charge in [-0.05, 0) is 32.3 Å². The summed E-state index contributed by atoms with van der Waals surface area (Å²) < 4.78 is 6.00. The molecule has 0 spiro atoms. The van der Waals surface area contributed by atoms with Gasteiger partial charge >= 0.3 is 0 Å². The summed E-state index contributed by atoms with van der Waals surface area (Å²) in [7, 11) is 0. The third kappa shape index (κ3) is 5.12. The molecule has 22 heavy (non-hydrogen) atoms. The summed E-state index contributed by atoms with van der Waals surface area (Å²) in [5.41, 5.74) is 7.32. The number of aliphatic imine (C=N–C) groups is 1. The Morgan fingerprint density at radius 2 is 1.95 bits per heavy atom. The Hall–Kier alpha value is -0.820. The van der Waals surface area contributed by atoms with Crippen LogP contribution in [0.5, 0.6) is 0 Å². The molecule has 0 radical (unpaired) electrons. The number of halogens is 1. The van der Waals surface area contributed by atoms with Crippen LogP contribution in [0.1, 0.15) is 38.4 Å². The molecule has 2 rings (SSSR count). The van der Waals surface area contributed by atoms with Crippen LogP contribution >= 0.6 is 24.0 Å². The summed E-state index contributed by atoms with van der Waals surface area (Å²) in [6.07, 6.45) is 2.40. The number of benzene rings is 1. The van der Waals surface area contributed by atoms with Gasteiger partial charge in [-0.1, -0.05) is 30.3 Å². The van der Waals surface area contributed by atoms with Crippen LogP contribution in [-0.4, -0.2) is 37.1 Å². The first-order valence-electron chi connectivity index (χ1n) is 7.97. The van der Waals surface area contributed by atoms with E-state index >= 15 is 0 Å². The van der Waals surface area contributed by atoms with Gasteiger partial charge in [0.15, 0.2) is 5.96 Å². The quantitative estimate of drug-likeness (QED) is 0.454. The minimum absolute atomic E-state index is 0. The minimum atomic E-state index is 0. The summed E-state index contributed by atoms with van der Waals surface area (Å²) in [5, 5.41) is 0. The van der Waals surface area contributed by atoms with Gasteiger partial charge in [0.25, 0.3) is 0 Å². The molecule has 1 aliphatic rings. The molecular formula is C17H28IN3O. The van der Waals surface area contributed by atoms with E-state index in [0.29, 0.717) is 11.9 Å². The summed E-state index contributed by atoms with van der Waals surface area (Å²) in [4.78, 5) is 6.69. The highest BCUT2D eigenvalue weighted by molar-refractivity contribution is 14.0. The van der Waals surface area contributed by atoms with Gasteiger partial charge in [0.2, 0.25) is 0 Å². The van der Waals surface area contributed by atoms with Crippen molar-refractivity contribution in [2.24, 2.45) is 16.6 Å². The third-order valence-electron chi connectivity index (χ3n) is 4.15. The van der Waals surface area contributed by atoms with E-state index in [9.17, 15) is 0 Å². The first-order valence-corrected chi connectivity index (χ1v) is 7.97. The molecule has 0 aliphatic carbocycles. The van der Waals surface area contributed by atoms with E-state index in [0.717, 1.165) is 39.1 Å². The highest BCUT2D eigenvalue weighted by Crippen LogP contribution is 2.33. The van der Waals surface area contributed by atoms with Crippen molar-refractivity contribution in [3.05, 3.63) is 35.9 Å². The Kier molecular flexibility index (Phi) is 8.78. The maximum absolute atomic E-state index is 6.08. The van der Waals surface area contributed by atoms with Gasteiger partial charge in [0.05, 0.1) is 6.10 Å². The molecule has 0 aromatic heterocycles. The predicted molar refractivity (Wildman–Crippen MR) is 103 cm³/mol. The van der Waals surface area contributed by atoms with E-state index in [2.05, 4.69) is 48.0 Å². The van der Waals surface area contributed by atoms with E-state index in [-0.39, 0.29) is 30.1 Å². The lowest BCUT2D eigenvalue weighted by Gasteiger charge is -2.31. The van der Waals surface area contributed by atoms with Gasteiger partial charge in [0, 0.05) is 32.2 Å². The lowest BCUT2D eigenvalue weighted by Crippen LogP contribution is -2.37. The van der Waals surface area contributed by atoms with Gasteiger partial charge in [-0.3, -0.25) is 4.99 Å². The second-order valence-electron chi connectivity index (χ2n) is 5.48. The topological polar surface area (TPSA) is 50.8 Å². The number of ether oxygens (including phenoxy) is 1. The average Bonchev–Trinajstić information content (AvgIpc) is 2.55. The Balaban J connectivity index is 0.00000242. The van der Waals surface area contributed by atoms with E-state index < -0.39 is 0 Å². The SMILES string of the molecule is CCN(CC)C(N)=NCC1CCCOC1c1ccccc1.I. The van der Waals surface area contributed by atoms with Crippen molar-refractivity contribution in [3.8, 4) is 0 Å². The number of nitrogens with two attached hydrogens (primary N) is 1. The standard InChI is InChI=1S/C17H27N3O.HI/c1-3-20(4-2)17(18)19-13-15-11-8-12-21-16(15)14-9-6-5-7-10-14;/h5-7,9-10,15-16H,3-4,8,11-13H2,1-2H3,(H2,18,19);1H. The van der Waals surface area contributed by atoms with Crippen LogP contribution in [0.15, 0.2) is 35.3 Å². The third-order valence-corrected chi connectivity index (χ3v) is 4.15. The van der Waals surface area contributed by atoms with E-state index in [4.69, 9.17) is 10.5 Å². The molecule has 1 heterocycles. The molecule has 1 aromatic carbocycles. The smallest absolute Gasteiger partial charge is 0.191 e. The lowest BCUT2D eigenvalue weighted by atomic mass is 9.89. The van der Waals surface area contributed by atoms with Gasteiger partial charge in [0.1, 0.15) is 0 Å². The van der Waals surface area contributed by atoms with Crippen LogP contribution in [0.25, 0.3) is 0 Å². The predicted octanol–water partition coefficient (Wildman–Crippen LogP) is 3.43. The zero-order valence-corrected chi connectivity index (χ0v) is 15.9. The van der Waals surface area contributed by atoms with Crippen LogP contribution in [0, 0.1) is 5.92 Å². The fourth-order valence-electron chi connectivity index (χ4n) is 2.90. The zero-order chi connectivity index (χ0) is 15.1. The molecule has 1 fully saturated rings. The molecule has 1 aliphatic heterocycles. The van der Waals surface area contributed by atoms with Gasteiger partial charge in [-0.25, -0.2) is 0 Å². The molecule has 0 amide bonds. The number of guanidine groups is 1. The summed E-state index contributed by atoms with van der Waals surface area (Å²) >= 11 is 0. The van der Waals surface area contributed by atoms with Crippen molar-refractivity contribution in [1.82, 2.24) is 4.90 Å². The fourth-order valence-corrected chi connectivity index (χ4v) is 2.90. The Labute approximate surface area is 151 Å². The van der Waals surface area contributed by atoms with Crippen molar-refractivity contribution >= 4 is 29.9 Å². The largest absolute Gasteiger partial charge is 0.373 e. The van der Waals surface area contributed by atoms with Crippen LogP contribution in [-0.2, 0) is 4.74 Å². The van der Waals surface area contributed by atoms with Crippen LogP contribution in [0.4, 0.5) is 0 Å². The van der Waals surface area contributed by atoms with Crippen molar-refractivity contribution < 1.29 is 4.74 Å². The number of hydrogen-bond donors (Lipinski definition) is 1. The Morgan fingerprint density at radius 3 is 2.59 bits per heavy atom. The van der Waals surface area contributed by atoms with Crippen molar-refractivity contribution in [1.29, 1.82) is 0 Å². The average molecular weight is 417 g/mol. The molecule has 2 atom stereocenters. The van der Waals surface area contributed by atoms with Crippen molar-refractivity contribution in [2.45, 2.75) is 32.8 Å².